The van der Waals surface area contributed by atoms with Gasteiger partial charge in [-0.1, -0.05) is 19.8 Å². The van der Waals surface area contributed by atoms with Gasteiger partial charge in [-0.25, -0.2) is 0 Å². The number of hydrogen-bond donors (Lipinski definition) is 1. The minimum Gasteiger partial charge on any atom is -0.377 e. The Bertz CT molecular complexity index is 217. The van der Waals surface area contributed by atoms with Gasteiger partial charge in [-0.2, -0.15) is 0 Å². The lowest BCUT2D eigenvalue weighted by Gasteiger charge is -2.23. The summed E-state index contributed by atoms with van der Waals surface area (Å²) < 4.78 is 5.81. The van der Waals surface area contributed by atoms with E-state index >= 15 is 0 Å². The second kappa shape index (κ2) is 8.13. The first-order valence-corrected chi connectivity index (χ1v) is 7.93. The first-order chi connectivity index (χ1) is 8.88. The van der Waals surface area contributed by atoms with E-state index in [1.54, 1.807) is 0 Å². The largest absolute Gasteiger partial charge is 0.377 e. The summed E-state index contributed by atoms with van der Waals surface area (Å²) in [5, 5.41) is 3.65. The van der Waals surface area contributed by atoms with Gasteiger partial charge in [0.2, 0.25) is 0 Å². The molecule has 0 spiro atoms. The average Bonchev–Trinajstić information content (AvgIpc) is 2.80. The molecule has 0 aromatic heterocycles. The minimum absolute atomic E-state index is 0.460. The van der Waals surface area contributed by atoms with Gasteiger partial charge in [-0.3, -0.25) is 4.90 Å². The summed E-state index contributed by atoms with van der Waals surface area (Å²) in [6.07, 6.45) is 8.60. The maximum absolute atomic E-state index is 5.81. The van der Waals surface area contributed by atoms with Crippen LogP contribution in [0.5, 0.6) is 0 Å². The van der Waals surface area contributed by atoms with Gasteiger partial charge >= 0.3 is 0 Å². The number of ether oxygens (including phenoxy) is 1. The van der Waals surface area contributed by atoms with Gasteiger partial charge in [0.25, 0.3) is 0 Å². The molecule has 1 aliphatic carbocycles. The molecule has 2 fully saturated rings. The van der Waals surface area contributed by atoms with Crippen LogP contribution in [0.1, 0.15) is 45.4 Å². The molecule has 1 N–H and O–H groups in total. The van der Waals surface area contributed by atoms with Crippen molar-refractivity contribution < 1.29 is 4.74 Å². The van der Waals surface area contributed by atoms with E-state index < -0.39 is 0 Å². The van der Waals surface area contributed by atoms with Crippen LogP contribution in [0.4, 0.5) is 0 Å². The summed E-state index contributed by atoms with van der Waals surface area (Å²) >= 11 is 0. The number of rotatable bonds is 6. The van der Waals surface area contributed by atoms with E-state index in [0.717, 1.165) is 32.0 Å². The highest BCUT2D eigenvalue weighted by Gasteiger charge is 2.17. The molecule has 3 nitrogen and oxygen atoms in total. The van der Waals surface area contributed by atoms with Crippen molar-refractivity contribution in [2.24, 2.45) is 5.92 Å². The standard InChI is InChI=1S/C15H30N2O/c1-2-15-13-17(9-5-11-18-15)10-8-16-12-14-6-3-4-7-14/h14-16H,2-13H2,1H3. The van der Waals surface area contributed by atoms with E-state index in [1.807, 2.05) is 0 Å². The fraction of sp³-hybridized carbons (Fsp3) is 1.00. The highest BCUT2D eigenvalue weighted by atomic mass is 16.5. The molecule has 0 aromatic carbocycles. The van der Waals surface area contributed by atoms with Gasteiger partial charge in [0, 0.05) is 32.8 Å². The van der Waals surface area contributed by atoms with Crippen LogP contribution in [-0.4, -0.2) is 50.3 Å². The van der Waals surface area contributed by atoms with Gasteiger partial charge < -0.3 is 10.1 Å². The molecule has 0 bridgehead atoms. The SMILES string of the molecule is CCC1CN(CCNCC2CCCC2)CCCO1. The van der Waals surface area contributed by atoms with Gasteiger partial charge in [0.1, 0.15) is 0 Å². The molecule has 106 valence electrons. The maximum Gasteiger partial charge on any atom is 0.0699 e. The highest BCUT2D eigenvalue weighted by Crippen LogP contribution is 2.23. The predicted molar refractivity (Wildman–Crippen MR) is 75.9 cm³/mol. The summed E-state index contributed by atoms with van der Waals surface area (Å²) in [7, 11) is 0. The zero-order chi connectivity index (χ0) is 12.6. The molecule has 3 heteroatoms. The lowest BCUT2D eigenvalue weighted by Crippen LogP contribution is -2.37. The summed E-state index contributed by atoms with van der Waals surface area (Å²) in [6.45, 7) is 9.08. The fourth-order valence-corrected chi connectivity index (χ4v) is 3.18. The first kappa shape index (κ1) is 14.3. The Morgan fingerprint density at radius 3 is 2.83 bits per heavy atom. The van der Waals surface area contributed by atoms with E-state index in [0.29, 0.717) is 6.10 Å². The number of nitrogens with zero attached hydrogens (tertiary/aromatic N) is 1. The van der Waals surface area contributed by atoms with Crippen molar-refractivity contribution in [1.29, 1.82) is 0 Å². The number of nitrogens with one attached hydrogen (secondary N) is 1. The number of hydrogen-bond acceptors (Lipinski definition) is 3. The van der Waals surface area contributed by atoms with E-state index in [9.17, 15) is 0 Å². The van der Waals surface area contributed by atoms with Crippen LogP contribution >= 0.6 is 0 Å². The quantitative estimate of drug-likeness (QED) is 0.736. The zero-order valence-electron chi connectivity index (χ0n) is 12.0. The third-order valence-electron chi connectivity index (χ3n) is 4.40. The molecule has 0 radical (unpaired) electrons. The van der Waals surface area contributed by atoms with Crippen molar-refractivity contribution in [3.63, 3.8) is 0 Å². The highest BCUT2D eigenvalue weighted by molar-refractivity contribution is 4.72. The minimum atomic E-state index is 0.460. The summed E-state index contributed by atoms with van der Waals surface area (Å²) in [6, 6.07) is 0. The Hall–Kier alpha value is -0.120. The first-order valence-electron chi connectivity index (χ1n) is 7.93. The van der Waals surface area contributed by atoms with Crippen LogP contribution in [0.3, 0.4) is 0 Å². The van der Waals surface area contributed by atoms with Gasteiger partial charge in [0.15, 0.2) is 0 Å². The molecule has 0 amide bonds. The summed E-state index contributed by atoms with van der Waals surface area (Å²) in [5.41, 5.74) is 0. The second-order valence-electron chi connectivity index (χ2n) is 5.91. The van der Waals surface area contributed by atoms with Crippen LogP contribution in [-0.2, 0) is 4.74 Å². The molecule has 1 saturated carbocycles. The van der Waals surface area contributed by atoms with Crippen molar-refractivity contribution in [3.05, 3.63) is 0 Å². The fourth-order valence-electron chi connectivity index (χ4n) is 3.18. The molecule has 1 unspecified atom stereocenters. The lowest BCUT2D eigenvalue weighted by atomic mass is 10.1. The van der Waals surface area contributed by atoms with Crippen molar-refractivity contribution in [1.82, 2.24) is 10.2 Å². The smallest absolute Gasteiger partial charge is 0.0699 e. The Labute approximate surface area is 112 Å². The van der Waals surface area contributed by atoms with Crippen LogP contribution in [0, 0.1) is 5.92 Å². The topological polar surface area (TPSA) is 24.5 Å². The third-order valence-corrected chi connectivity index (χ3v) is 4.40. The van der Waals surface area contributed by atoms with E-state index in [1.165, 1.54) is 51.7 Å². The van der Waals surface area contributed by atoms with Gasteiger partial charge in [0.05, 0.1) is 6.10 Å². The summed E-state index contributed by atoms with van der Waals surface area (Å²) in [5.74, 6) is 0.959. The molecule has 1 heterocycles. The Morgan fingerprint density at radius 2 is 2.06 bits per heavy atom. The van der Waals surface area contributed by atoms with Gasteiger partial charge in [-0.05, 0) is 38.1 Å². The molecular weight excluding hydrogens is 224 g/mol. The van der Waals surface area contributed by atoms with Crippen LogP contribution in [0.15, 0.2) is 0 Å². The molecule has 2 rings (SSSR count). The van der Waals surface area contributed by atoms with Crippen molar-refractivity contribution in [2.45, 2.75) is 51.6 Å². The van der Waals surface area contributed by atoms with Gasteiger partial charge in [-0.15, -0.1) is 0 Å². The normalized spacial score (nSPS) is 27.5. The van der Waals surface area contributed by atoms with E-state index in [4.69, 9.17) is 4.74 Å². The average molecular weight is 254 g/mol. The zero-order valence-corrected chi connectivity index (χ0v) is 12.0. The molecule has 2 aliphatic rings. The Kier molecular flexibility index (Phi) is 6.46. The molecule has 1 aliphatic heterocycles. The van der Waals surface area contributed by atoms with Crippen LogP contribution in [0.25, 0.3) is 0 Å². The lowest BCUT2D eigenvalue weighted by molar-refractivity contribution is 0.0521. The molecule has 1 saturated heterocycles. The molecule has 0 aromatic rings. The molecule has 1 atom stereocenters. The second-order valence-corrected chi connectivity index (χ2v) is 5.91. The Morgan fingerprint density at radius 1 is 1.22 bits per heavy atom. The molecular formula is C15H30N2O. The monoisotopic (exact) mass is 254 g/mol. The van der Waals surface area contributed by atoms with Crippen LogP contribution < -0.4 is 5.32 Å². The third kappa shape index (κ3) is 4.87. The van der Waals surface area contributed by atoms with Crippen molar-refractivity contribution >= 4 is 0 Å². The maximum atomic E-state index is 5.81. The molecule has 18 heavy (non-hydrogen) atoms. The predicted octanol–water partition coefficient (Wildman–Crippen LogP) is 2.27. The summed E-state index contributed by atoms with van der Waals surface area (Å²) in [4.78, 5) is 2.57. The van der Waals surface area contributed by atoms with E-state index in [-0.39, 0.29) is 0 Å². The van der Waals surface area contributed by atoms with Crippen molar-refractivity contribution in [2.75, 3.05) is 39.3 Å². The van der Waals surface area contributed by atoms with E-state index in [2.05, 4.69) is 17.1 Å². The van der Waals surface area contributed by atoms with Crippen LogP contribution in [0.2, 0.25) is 0 Å². The Balaban J connectivity index is 1.56. The van der Waals surface area contributed by atoms with Crippen molar-refractivity contribution in [3.8, 4) is 0 Å².